The predicted molar refractivity (Wildman–Crippen MR) is 94.6 cm³/mol. The second-order valence-electron chi connectivity index (χ2n) is 6.30. The number of aromatic amines is 1. The van der Waals surface area contributed by atoms with Crippen LogP contribution in [0.3, 0.4) is 0 Å². The van der Waals surface area contributed by atoms with Crippen molar-refractivity contribution >= 4 is 37.5 Å². The number of sulfonamides is 1. The van der Waals surface area contributed by atoms with E-state index in [9.17, 15) is 8.42 Å². The Kier molecular flexibility index (Phi) is 3.65. The van der Waals surface area contributed by atoms with Gasteiger partial charge in [-0.2, -0.15) is 0 Å². The molecule has 3 aromatic heterocycles. The van der Waals surface area contributed by atoms with Gasteiger partial charge in [-0.05, 0) is 18.9 Å². The zero-order valence-electron chi connectivity index (χ0n) is 13.4. The van der Waals surface area contributed by atoms with E-state index >= 15 is 0 Å². The fourth-order valence-corrected chi connectivity index (χ4v) is 4.29. The Labute approximate surface area is 140 Å². The molecule has 7 nitrogen and oxygen atoms in total. The number of aromatic nitrogens is 3. The van der Waals surface area contributed by atoms with Crippen molar-refractivity contribution in [3.8, 4) is 0 Å². The van der Waals surface area contributed by atoms with Gasteiger partial charge in [-0.15, -0.1) is 0 Å². The molecule has 0 amide bonds. The molecule has 0 aliphatic carbocycles. The Hall–Kier alpha value is -2.19. The third-order valence-electron chi connectivity index (χ3n) is 4.43. The average Bonchev–Trinajstić information content (AvgIpc) is 3.01. The highest BCUT2D eigenvalue weighted by molar-refractivity contribution is 7.88. The minimum Gasteiger partial charge on any atom is -0.368 e. The Balaban J connectivity index is 1.77. The van der Waals surface area contributed by atoms with Crippen molar-refractivity contribution in [1.29, 1.82) is 0 Å². The van der Waals surface area contributed by atoms with Crippen LogP contribution in [0.1, 0.15) is 12.8 Å². The molecular weight excluding hydrogens is 326 g/mol. The summed E-state index contributed by atoms with van der Waals surface area (Å²) in [6, 6.07) is 1.94. The zero-order chi connectivity index (χ0) is 16.7. The highest BCUT2D eigenvalue weighted by atomic mass is 32.2. The predicted octanol–water partition coefficient (Wildman–Crippen LogP) is 1.63. The van der Waals surface area contributed by atoms with Crippen LogP contribution in [-0.4, -0.2) is 48.8 Å². The monoisotopic (exact) mass is 345 g/mol. The molecule has 1 atom stereocenters. The van der Waals surface area contributed by atoms with E-state index in [0.29, 0.717) is 6.54 Å². The number of rotatable bonds is 3. The van der Waals surface area contributed by atoms with Gasteiger partial charge in [0.1, 0.15) is 5.65 Å². The van der Waals surface area contributed by atoms with Crippen molar-refractivity contribution in [2.45, 2.75) is 18.9 Å². The van der Waals surface area contributed by atoms with Gasteiger partial charge in [0.2, 0.25) is 10.0 Å². The van der Waals surface area contributed by atoms with Gasteiger partial charge < -0.3 is 9.88 Å². The maximum atomic E-state index is 11.5. The van der Waals surface area contributed by atoms with Gasteiger partial charge in [-0.1, -0.05) is 0 Å². The van der Waals surface area contributed by atoms with Crippen LogP contribution in [0, 0.1) is 0 Å². The second kappa shape index (κ2) is 5.71. The third kappa shape index (κ3) is 2.83. The largest absolute Gasteiger partial charge is 0.368 e. The van der Waals surface area contributed by atoms with Gasteiger partial charge in [-0.3, -0.25) is 4.98 Å². The van der Waals surface area contributed by atoms with E-state index in [-0.39, 0.29) is 6.04 Å². The number of piperidine rings is 1. The number of pyridine rings is 2. The first-order chi connectivity index (χ1) is 11.5. The van der Waals surface area contributed by atoms with E-state index in [2.05, 4.69) is 24.6 Å². The third-order valence-corrected chi connectivity index (χ3v) is 5.19. The molecule has 0 spiro atoms. The first-order valence-corrected chi connectivity index (χ1v) is 9.82. The lowest BCUT2D eigenvalue weighted by Crippen LogP contribution is -2.47. The van der Waals surface area contributed by atoms with Gasteiger partial charge in [0.25, 0.3) is 0 Å². The summed E-state index contributed by atoms with van der Waals surface area (Å²) < 4.78 is 25.8. The maximum absolute atomic E-state index is 11.5. The van der Waals surface area contributed by atoms with Crippen molar-refractivity contribution in [2.75, 3.05) is 24.2 Å². The molecule has 0 saturated carbocycles. The normalized spacial score (nSPS) is 19.2. The molecule has 126 valence electrons. The van der Waals surface area contributed by atoms with Gasteiger partial charge in [0.15, 0.2) is 0 Å². The van der Waals surface area contributed by atoms with E-state index in [1.807, 2.05) is 30.9 Å². The summed E-state index contributed by atoms with van der Waals surface area (Å²) in [6.45, 7) is 1.53. The van der Waals surface area contributed by atoms with Crippen molar-refractivity contribution in [1.82, 2.24) is 19.7 Å². The second-order valence-corrected chi connectivity index (χ2v) is 8.08. The van der Waals surface area contributed by atoms with Crippen LogP contribution in [0.4, 0.5) is 5.69 Å². The molecule has 4 rings (SSSR count). The zero-order valence-corrected chi connectivity index (χ0v) is 14.2. The van der Waals surface area contributed by atoms with Gasteiger partial charge in [0, 0.05) is 53.9 Å². The molecule has 3 aromatic rings. The molecule has 1 saturated heterocycles. The van der Waals surface area contributed by atoms with E-state index in [1.54, 1.807) is 0 Å². The van der Waals surface area contributed by atoms with E-state index in [4.69, 9.17) is 0 Å². The number of nitrogens with zero attached hydrogens (tertiary/aromatic N) is 3. The molecule has 2 N–H and O–H groups in total. The summed E-state index contributed by atoms with van der Waals surface area (Å²) in [5.74, 6) is 0. The topological polar surface area (TPSA) is 91.0 Å². The van der Waals surface area contributed by atoms with Gasteiger partial charge in [-0.25, -0.2) is 18.1 Å². The van der Waals surface area contributed by atoms with Crippen molar-refractivity contribution < 1.29 is 8.42 Å². The average molecular weight is 345 g/mol. The Morgan fingerprint density at radius 2 is 2.21 bits per heavy atom. The van der Waals surface area contributed by atoms with E-state index in [1.165, 1.54) is 6.26 Å². The molecule has 1 unspecified atom stereocenters. The molecule has 24 heavy (non-hydrogen) atoms. The molecule has 0 bridgehead atoms. The SMILES string of the molecule is CS(=O)(=O)NC1CCCN(c2cncc3cnc4[nH]ccc4c23)C1. The lowest BCUT2D eigenvalue weighted by Gasteiger charge is -2.34. The van der Waals surface area contributed by atoms with Crippen LogP contribution >= 0.6 is 0 Å². The number of fused-ring (bicyclic) bond motifs is 3. The van der Waals surface area contributed by atoms with Crippen LogP contribution in [0.5, 0.6) is 0 Å². The summed E-state index contributed by atoms with van der Waals surface area (Å²) in [7, 11) is -3.20. The molecule has 0 aromatic carbocycles. The number of hydrogen-bond acceptors (Lipinski definition) is 5. The molecule has 8 heteroatoms. The quantitative estimate of drug-likeness (QED) is 0.753. The van der Waals surface area contributed by atoms with Crippen LogP contribution in [0.2, 0.25) is 0 Å². The van der Waals surface area contributed by atoms with Crippen LogP contribution in [0.25, 0.3) is 21.8 Å². The summed E-state index contributed by atoms with van der Waals surface area (Å²) in [5, 5.41) is 3.15. The molecule has 1 fully saturated rings. The Bertz CT molecular complexity index is 998. The first kappa shape index (κ1) is 15.3. The van der Waals surface area contributed by atoms with E-state index in [0.717, 1.165) is 46.9 Å². The van der Waals surface area contributed by atoms with Crippen molar-refractivity contribution in [3.05, 3.63) is 30.9 Å². The minimum atomic E-state index is -3.20. The van der Waals surface area contributed by atoms with Crippen LogP contribution in [0.15, 0.2) is 30.9 Å². The van der Waals surface area contributed by atoms with Crippen molar-refractivity contribution in [3.63, 3.8) is 0 Å². The Morgan fingerprint density at radius 3 is 3.04 bits per heavy atom. The van der Waals surface area contributed by atoms with Gasteiger partial charge >= 0.3 is 0 Å². The summed E-state index contributed by atoms with van der Waals surface area (Å²) in [5.41, 5.74) is 1.87. The fourth-order valence-electron chi connectivity index (χ4n) is 3.49. The number of hydrogen-bond donors (Lipinski definition) is 2. The first-order valence-electron chi connectivity index (χ1n) is 7.93. The summed E-state index contributed by atoms with van der Waals surface area (Å²) >= 11 is 0. The molecule has 0 radical (unpaired) electrons. The van der Waals surface area contributed by atoms with E-state index < -0.39 is 10.0 Å². The van der Waals surface area contributed by atoms with Crippen molar-refractivity contribution in [2.24, 2.45) is 0 Å². The Morgan fingerprint density at radius 1 is 1.33 bits per heavy atom. The fraction of sp³-hybridized carbons (Fsp3) is 0.375. The lowest BCUT2D eigenvalue weighted by atomic mass is 10.0. The van der Waals surface area contributed by atoms with Crippen LogP contribution in [-0.2, 0) is 10.0 Å². The summed E-state index contributed by atoms with van der Waals surface area (Å²) in [4.78, 5) is 14.1. The summed E-state index contributed by atoms with van der Waals surface area (Å²) in [6.07, 6.45) is 10.4. The number of H-pyrrole nitrogens is 1. The molecule has 1 aliphatic rings. The highest BCUT2D eigenvalue weighted by Crippen LogP contribution is 2.32. The number of nitrogens with one attached hydrogen (secondary N) is 2. The lowest BCUT2D eigenvalue weighted by molar-refractivity contribution is 0.468. The standard InChI is InChI=1S/C16H19N5O2S/c1-24(22,23)20-12-3-2-6-21(10-12)14-9-17-7-11-8-19-16-13(15(11)14)4-5-18-16/h4-5,7-9,12,20H,2-3,6,10H2,1H3,(H,18,19). The van der Waals surface area contributed by atoms with Crippen LogP contribution < -0.4 is 9.62 Å². The number of anilines is 1. The maximum Gasteiger partial charge on any atom is 0.209 e. The molecule has 4 heterocycles. The highest BCUT2D eigenvalue weighted by Gasteiger charge is 2.24. The van der Waals surface area contributed by atoms with Gasteiger partial charge in [0.05, 0.1) is 18.1 Å². The molecule has 1 aliphatic heterocycles. The minimum absolute atomic E-state index is 0.0763. The molecular formula is C16H19N5O2S. The smallest absolute Gasteiger partial charge is 0.209 e.